The Bertz CT molecular complexity index is 361. The van der Waals surface area contributed by atoms with E-state index in [4.69, 9.17) is 16.6 Å². The van der Waals surface area contributed by atoms with Gasteiger partial charge in [-0.2, -0.15) is 0 Å². The normalized spacial score (nSPS) is 12.9. The maximum atomic E-state index is 11.4. The van der Waals surface area contributed by atoms with E-state index in [0.29, 0.717) is 12.8 Å². The highest BCUT2D eigenvalue weighted by Gasteiger charge is 2.23. The van der Waals surface area contributed by atoms with Crippen LogP contribution in [0.1, 0.15) is 26.2 Å². The molecule has 0 heterocycles. The van der Waals surface area contributed by atoms with Crippen LogP contribution in [0.5, 0.6) is 0 Å². The lowest BCUT2D eigenvalue weighted by Crippen LogP contribution is -2.49. The van der Waals surface area contributed by atoms with Crippen LogP contribution < -0.4 is 10.6 Å². The predicted octanol–water partition coefficient (Wildman–Crippen LogP) is 0.0154. The molecule has 2 atom stereocenters. The van der Waals surface area contributed by atoms with E-state index in [1.807, 2.05) is 6.92 Å². The van der Waals surface area contributed by atoms with Crippen LogP contribution in [0.15, 0.2) is 0 Å². The molecule has 0 fully saturated rings. The first kappa shape index (κ1) is 15.8. The summed E-state index contributed by atoms with van der Waals surface area (Å²) in [4.78, 5) is 32.6. The van der Waals surface area contributed by atoms with Gasteiger partial charge in [-0.3, -0.25) is 4.79 Å². The van der Waals surface area contributed by atoms with Gasteiger partial charge in [0, 0.05) is 12.5 Å². The second-order valence-corrected chi connectivity index (χ2v) is 3.62. The van der Waals surface area contributed by atoms with Crippen LogP contribution in [-0.4, -0.2) is 40.3 Å². The second-order valence-electron chi connectivity index (χ2n) is 3.62. The Morgan fingerprint density at radius 1 is 1.28 bits per heavy atom. The molecule has 0 aromatic heterocycles. The van der Waals surface area contributed by atoms with E-state index in [2.05, 4.69) is 16.6 Å². The van der Waals surface area contributed by atoms with Gasteiger partial charge in [0.15, 0.2) is 0 Å². The quantitative estimate of drug-likeness (QED) is 0.479. The van der Waals surface area contributed by atoms with E-state index in [1.54, 1.807) is 0 Å². The van der Waals surface area contributed by atoms with E-state index < -0.39 is 30.4 Å². The Kier molecular flexibility index (Phi) is 6.96. The molecule has 0 rings (SSSR count). The van der Waals surface area contributed by atoms with Gasteiger partial charge in [-0.1, -0.05) is 6.92 Å². The lowest BCUT2D eigenvalue weighted by Gasteiger charge is -2.17. The van der Waals surface area contributed by atoms with Gasteiger partial charge < -0.3 is 20.8 Å². The molecule has 100 valence electrons. The molecule has 4 N–H and O–H groups in total. The van der Waals surface area contributed by atoms with Crippen molar-refractivity contribution in [3.63, 3.8) is 0 Å². The number of rotatable bonds is 7. The summed E-state index contributed by atoms with van der Waals surface area (Å²) >= 11 is 0. The number of nitrogens with one attached hydrogen (secondary N) is 2. The number of hydrogen-bond donors (Lipinski definition) is 4. The first-order valence-electron chi connectivity index (χ1n) is 5.35. The summed E-state index contributed by atoms with van der Waals surface area (Å²) < 4.78 is 0. The Balaban J connectivity index is 4.38. The molecule has 0 spiro atoms. The summed E-state index contributed by atoms with van der Waals surface area (Å²) in [6.07, 6.45) is 5.33. The number of terminal acetylenes is 1. The molecule has 2 amide bonds. The molecule has 7 heteroatoms. The van der Waals surface area contributed by atoms with Crippen LogP contribution in [0.4, 0.5) is 4.79 Å². The van der Waals surface area contributed by atoms with E-state index in [9.17, 15) is 14.4 Å². The summed E-state index contributed by atoms with van der Waals surface area (Å²) in [5.41, 5.74) is 0. The number of amides is 2. The number of carbonyl (C=O) groups excluding carboxylic acids is 1. The molecule has 0 bridgehead atoms. The van der Waals surface area contributed by atoms with E-state index in [1.165, 1.54) is 0 Å². The molecule has 2 unspecified atom stereocenters. The number of carbonyl (C=O) groups is 3. The van der Waals surface area contributed by atoms with E-state index in [0.717, 1.165) is 0 Å². The van der Waals surface area contributed by atoms with Crippen molar-refractivity contribution in [1.82, 2.24) is 10.6 Å². The van der Waals surface area contributed by atoms with Gasteiger partial charge in [-0.05, 0) is 6.42 Å². The molecular weight excluding hydrogens is 240 g/mol. The van der Waals surface area contributed by atoms with Crippen LogP contribution in [0, 0.1) is 12.3 Å². The first-order valence-corrected chi connectivity index (χ1v) is 5.35. The first-order chi connectivity index (χ1) is 8.40. The fraction of sp³-hybridized carbons (Fsp3) is 0.545. The van der Waals surface area contributed by atoms with Crippen LogP contribution in [0.3, 0.4) is 0 Å². The van der Waals surface area contributed by atoms with E-state index >= 15 is 0 Å². The third kappa shape index (κ3) is 6.37. The SMILES string of the molecule is C#CCC(CC)NC(=O)NC(CC(=O)O)C(=O)O. The predicted molar refractivity (Wildman–Crippen MR) is 62.9 cm³/mol. The molecule has 0 aromatic carbocycles. The van der Waals surface area contributed by atoms with Crippen LogP contribution >= 0.6 is 0 Å². The third-order valence-electron chi connectivity index (χ3n) is 2.17. The largest absolute Gasteiger partial charge is 0.481 e. The highest BCUT2D eigenvalue weighted by molar-refractivity contribution is 5.86. The zero-order valence-electron chi connectivity index (χ0n) is 9.97. The molecule has 0 saturated carbocycles. The summed E-state index contributed by atoms with van der Waals surface area (Å²) in [5.74, 6) is -0.333. The fourth-order valence-corrected chi connectivity index (χ4v) is 1.20. The number of urea groups is 1. The minimum atomic E-state index is -1.47. The van der Waals surface area contributed by atoms with Crippen LogP contribution in [-0.2, 0) is 9.59 Å². The molecule has 18 heavy (non-hydrogen) atoms. The maximum absolute atomic E-state index is 11.4. The van der Waals surface area contributed by atoms with Crippen molar-refractivity contribution < 1.29 is 24.6 Å². The standard InChI is InChI=1S/C11H16N2O5/c1-3-5-7(4-2)12-11(18)13-8(10(16)17)6-9(14)15/h1,7-8H,4-6H2,2H3,(H,14,15)(H,16,17)(H2,12,13,18). The molecule has 0 aliphatic carbocycles. The minimum absolute atomic E-state index is 0.269. The smallest absolute Gasteiger partial charge is 0.326 e. The molecule has 7 nitrogen and oxygen atoms in total. The van der Waals surface area contributed by atoms with Crippen molar-refractivity contribution in [2.75, 3.05) is 0 Å². The molecule has 0 aliphatic rings. The minimum Gasteiger partial charge on any atom is -0.481 e. The zero-order valence-corrected chi connectivity index (χ0v) is 9.97. The summed E-state index contributed by atoms with van der Waals surface area (Å²) in [7, 11) is 0. The number of carboxylic acids is 2. The van der Waals surface area contributed by atoms with Crippen molar-refractivity contribution in [3.05, 3.63) is 0 Å². The monoisotopic (exact) mass is 256 g/mol. The highest BCUT2D eigenvalue weighted by atomic mass is 16.4. The average molecular weight is 256 g/mol. The highest BCUT2D eigenvalue weighted by Crippen LogP contribution is 1.97. The average Bonchev–Trinajstić information content (AvgIpc) is 2.26. The van der Waals surface area contributed by atoms with Crippen molar-refractivity contribution in [1.29, 1.82) is 0 Å². The van der Waals surface area contributed by atoms with Gasteiger partial charge in [0.1, 0.15) is 6.04 Å². The van der Waals surface area contributed by atoms with Gasteiger partial charge in [0.25, 0.3) is 0 Å². The Morgan fingerprint density at radius 2 is 1.89 bits per heavy atom. The van der Waals surface area contributed by atoms with Gasteiger partial charge in [0.05, 0.1) is 6.42 Å². The van der Waals surface area contributed by atoms with Gasteiger partial charge in [-0.15, -0.1) is 12.3 Å². The van der Waals surface area contributed by atoms with Crippen LogP contribution in [0.2, 0.25) is 0 Å². The second kappa shape index (κ2) is 7.95. The summed E-state index contributed by atoms with van der Waals surface area (Å²) in [5, 5.41) is 21.8. The van der Waals surface area contributed by atoms with Gasteiger partial charge in [-0.25, -0.2) is 9.59 Å². The van der Waals surface area contributed by atoms with Crippen LogP contribution in [0.25, 0.3) is 0 Å². The Labute approximate surface area is 105 Å². The van der Waals surface area contributed by atoms with Crippen molar-refractivity contribution in [2.24, 2.45) is 0 Å². The van der Waals surface area contributed by atoms with Crippen molar-refractivity contribution in [2.45, 2.75) is 38.3 Å². The number of aliphatic carboxylic acids is 2. The van der Waals surface area contributed by atoms with E-state index in [-0.39, 0.29) is 6.04 Å². The lowest BCUT2D eigenvalue weighted by molar-refractivity contribution is -0.145. The summed E-state index contributed by atoms with van der Waals surface area (Å²) in [6.45, 7) is 1.81. The maximum Gasteiger partial charge on any atom is 0.326 e. The summed E-state index contributed by atoms with van der Waals surface area (Å²) in [6, 6.07) is -2.48. The lowest BCUT2D eigenvalue weighted by atomic mass is 10.1. The molecule has 0 radical (unpaired) electrons. The third-order valence-corrected chi connectivity index (χ3v) is 2.17. The van der Waals surface area contributed by atoms with Crippen molar-refractivity contribution in [3.8, 4) is 12.3 Å². The number of carboxylic acid groups (broad SMARTS) is 2. The van der Waals surface area contributed by atoms with Crippen molar-refractivity contribution >= 4 is 18.0 Å². The van der Waals surface area contributed by atoms with Gasteiger partial charge >= 0.3 is 18.0 Å². The van der Waals surface area contributed by atoms with Gasteiger partial charge in [0.2, 0.25) is 0 Å². The molecule has 0 aliphatic heterocycles. The molecular formula is C11H16N2O5. The Hall–Kier alpha value is -2.23. The number of hydrogen-bond acceptors (Lipinski definition) is 3. The molecule has 0 aromatic rings. The zero-order chi connectivity index (χ0) is 14.1. The fourth-order valence-electron chi connectivity index (χ4n) is 1.20. The Morgan fingerprint density at radius 3 is 2.28 bits per heavy atom. The molecule has 0 saturated heterocycles. The topological polar surface area (TPSA) is 116 Å².